The number of H-pyrrole nitrogens is 1. The van der Waals surface area contributed by atoms with E-state index in [1.54, 1.807) is 0 Å². The van der Waals surface area contributed by atoms with E-state index in [0.717, 1.165) is 30.3 Å². The minimum absolute atomic E-state index is 0.0240. The van der Waals surface area contributed by atoms with Crippen molar-refractivity contribution in [3.05, 3.63) is 30.0 Å². The molecule has 1 saturated carbocycles. The number of nitrogens with one attached hydrogen (secondary N) is 1. The Morgan fingerprint density at radius 3 is 3.00 bits per heavy atom. The second kappa shape index (κ2) is 4.31. The van der Waals surface area contributed by atoms with E-state index < -0.39 is 0 Å². The number of rotatable bonds is 1. The van der Waals surface area contributed by atoms with Gasteiger partial charge in [-0.3, -0.25) is 9.89 Å². The van der Waals surface area contributed by atoms with Crippen LogP contribution in [0.25, 0.3) is 10.9 Å². The molecule has 5 heteroatoms. The van der Waals surface area contributed by atoms with E-state index in [1.807, 2.05) is 29.2 Å². The van der Waals surface area contributed by atoms with Crippen LogP contribution in [-0.4, -0.2) is 45.3 Å². The molecule has 3 atom stereocenters. The van der Waals surface area contributed by atoms with Crippen molar-refractivity contribution in [2.45, 2.75) is 18.9 Å². The minimum Gasteiger partial charge on any atom is -0.393 e. The molecular formula is C15H17N3O2. The maximum Gasteiger partial charge on any atom is 0.275 e. The van der Waals surface area contributed by atoms with Crippen LogP contribution in [0, 0.1) is 11.8 Å². The van der Waals surface area contributed by atoms with E-state index in [1.165, 1.54) is 0 Å². The summed E-state index contributed by atoms with van der Waals surface area (Å²) in [7, 11) is 0. The molecule has 1 aromatic heterocycles. The van der Waals surface area contributed by atoms with Crippen molar-refractivity contribution >= 4 is 16.8 Å². The molecule has 0 radical (unpaired) electrons. The van der Waals surface area contributed by atoms with Crippen molar-refractivity contribution in [3.8, 4) is 0 Å². The Morgan fingerprint density at radius 1 is 1.30 bits per heavy atom. The highest BCUT2D eigenvalue weighted by atomic mass is 16.3. The number of aromatic nitrogens is 2. The normalized spacial score (nSPS) is 29.1. The molecule has 1 aliphatic carbocycles. The Labute approximate surface area is 116 Å². The van der Waals surface area contributed by atoms with Crippen LogP contribution in [0.1, 0.15) is 23.3 Å². The van der Waals surface area contributed by atoms with E-state index in [9.17, 15) is 9.90 Å². The summed E-state index contributed by atoms with van der Waals surface area (Å²) in [6.45, 7) is 1.41. The van der Waals surface area contributed by atoms with E-state index >= 15 is 0 Å². The smallest absolute Gasteiger partial charge is 0.275 e. The Morgan fingerprint density at radius 2 is 2.15 bits per heavy atom. The summed E-state index contributed by atoms with van der Waals surface area (Å²) in [5, 5.41) is 17.9. The number of nitrogens with zero attached hydrogens (tertiary/aromatic N) is 2. The lowest BCUT2D eigenvalue weighted by molar-refractivity contribution is 0.0748. The fourth-order valence-corrected chi connectivity index (χ4v) is 3.68. The molecule has 0 spiro atoms. The molecule has 2 N–H and O–H groups in total. The first-order valence-corrected chi connectivity index (χ1v) is 7.14. The van der Waals surface area contributed by atoms with Gasteiger partial charge in [-0.1, -0.05) is 18.2 Å². The third-order valence-electron chi connectivity index (χ3n) is 4.78. The number of aliphatic hydroxyl groups is 1. The van der Waals surface area contributed by atoms with E-state index in [-0.39, 0.29) is 17.9 Å². The molecule has 2 fully saturated rings. The zero-order chi connectivity index (χ0) is 13.7. The third-order valence-corrected chi connectivity index (χ3v) is 4.78. The molecule has 3 unspecified atom stereocenters. The highest BCUT2D eigenvalue weighted by molar-refractivity contribution is 6.04. The van der Waals surface area contributed by atoms with E-state index in [2.05, 4.69) is 10.2 Å². The molecule has 1 saturated heterocycles. The van der Waals surface area contributed by atoms with Crippen LogP contribution in [0.2, 0.25) is 0 Å². The Hall–Kier alpha value is -1.88. The molecule has 2 aliphatic rings. The van der Waals surface area contributed by atoms with Gasteiger partial charge >= 0.3 is 0 Å². The molecule has 104 valence electrons. The SMILES string of the molecule is O=C(c1n[nH]c2ccccc12)N1CC2CCC(O)C2C1. The van der Waals surface area contributed by atoms with Crippen LogP contribution >= 0.6 is 0 Å². The molecule has 1 aliphatic heterocycles. The van der Waals surface area contributed by atoms with Crippen LogP contribution in [0.3, 0.4) is 0 Å². The van der Waals surface area contributed by atoms with Crippen molar-refractivity contribution < 1.29 is 9.90 Å². The average Bonchev–Trinajstić information content (AvgIpc) is 3.14. The van der Waals surface area contributed by atoms with Crippen molar-refractivity contribution in [2.75, 3.05) is 13.1 Å². The second-order valence-corrected chi connectivity index (χ2v) is 5.90. The van der Waals surface area contributed by atoms with Gasteiger partial charge in [0.2, 0.25) is 0 Å². The van der Waals surface area contributed by atoms with Gasteiger partial charge in [-0.2, -0.15) is 5.10 Å². The number of hydrogen-bond donors (Lipinski definition) is 2. The number of likely N-dealkylation sites (tertiary alicyclic amines) is 1. The molecule has 2 heterocycles. The Balaban J connectivity index is 1.62. The molecule has 2 aromatic rings. The van der Waals surface area contributed by atoms with Crippen LogP contribution in [0.5, 0.6) is 0 Å². The quantitative estimate of drug-likeness (QED) is 0.824. The number of amides is 1. The lowest BCUT2D eigenvalue weighted by Gasteiger charge is -2.17. The Bertz CT molecular complexity index is 666. The largest absolute Gasteiger partial charge is 0.393 e. The number of fused-ring (bicyclic) bond motifs is 2. The first-order chi connectivity index (χ1) is 9.74. The molecule has 0 bridgehead atoms. The highest BCUT2D eigenvalue weighted by Gasteiger charge is 2.43. The molecule has 4 rings (SSSR count). The predicted octanol–water partition coefficient (Wildman–Crippen LogP) is 1.41. The first kappa shape index (κ1) is 11.9. The molecule has 1 amide bonds. The highest BCUT2D eigenvalue weighted by Crippen LogP contribution is 2.38. The number of hydrogen-bond acceptors (Lipinski definition) is 3. The Kier molecular flexibility index (Phi) is 2.57. The molecular weight excluding hydrogens is 254 g/mol. The van der Waals surface area contributed by atoms with Gasteiger partial charge in [0.1, 0.15) is 0 Å². The summed E-state index contributed by atoms with van der Waals surface area (Å²) in [5.41, 5.74) is 1.38. The summed E-state index contributed by atoms with van der Waals surface area (Å²) in [5.74, 6) is 0.687. The van der Waals surface area contributed by atoms with Crippen molar-refractivity contribution in [2.24, 2.45) is 11.8 Å². The molecule has 5 nitrogen and oxygen atoms in total. The van der Waals surface area contributed by atoms with Crippen molar-refractivity contribution in [3.63, 3.8) is 0 Å². The van der Waals surface area contributed by atoms with Crippen molar-refractivity contribution in [1.82, 2.24) is 15.1 Å². The maximum absolute atomic E-state index is 12.6. The van der Waals surface area contributed by atoms with Gasteiger partial charge in [-0.15, -0.1) is 0 Å². The maximum atomic E-state index is 12.6. The van der Waals surface area contributed by atoms with Crippen LogP contribution < -0.4 is 0 Å². The van der Waals surface area contributed by atoms with E-state index in [0.29, 0.717) is 18.2 Å². The summed E-state index contributed by atoms with van der Waals surface area (Å²) < 4.78 is 0. The van der Waals surface area contributed by atoms with Crippen molar-refractivity contribution in [1.29, 1.82) is 0 Å². The minimum atomic E-state index is -0.242. The van der Waals surface area contributed by atoms with Crippen LogP contribution in [-0.2, 0) is 0 Å². The standard InChI is InChI=1S/C15H17N3O2/c19-13-6-5-9-7-18(8-11(9)13)15(20)14-10-3-1-2-4-12(10)16-17-14/h1-4,9,11,13,19H,5-8H2,(H,16,17). The number of carbonyl (C=O) groups is 1. The number of carbonyl (C=O) groups excluding carboxylic acids is 1. The summed E-state index contributed by atoms with van der Waals surface area (Å²) in [6, 6.07) is 7.67. The van der Waals surface area contributed by atoms with Gasteiger partial charge in [-0.05, 0) is 24.8 Å². The molecule has 20 heavy (non-hydrogen) atoms. The summed E-state index contributed by atoms with van der Waals surface area (Å²) in [6.07, 6.45) is 1.66. The third kappa shape index (κ3) is 1.66. The number of aliphatic hydroxyl groups excluding tert-OH is 1. The second-order valence-electron chi connectivity index (χ2n) is 5.90. The van der Waals surface area contributed by atoms with Gasteiger partial charge in [0.15, 0.2) is 5.69 Å². The predicted molar refractivity (Wildman–Crippen MR) is 74.2 cm³/mol. The van der Waals surface area contributed by atoms with Gasteiger partial charge in [0.05, 0.1) is 11.6 Å². The fourth-order valence-electron chi connectivity index (χ4n) is 3.68. The average molecular weight is 271 g/mol. The van der Waals surface area contributed by atoms with Gasteiger partial charge < -0.3 is 10.0 Å². The summed E-state index contributed by atoms with van der Waals surface area (Å²) in [4.78, 5) is 14.5. The fraction of sp³-hybridized carbons (Fsp3) is 0.467. The zero-order valence-corrected chi connectivity index (χ0v) is 11.1. The summed E-state index contributed by atoms with van der Waals surface area (Å²) >= 11 is 0. The number of benzene rings is 1. The van der Waals surface area contributed by atoms with E-state index in [4.69, 9.17) is 0 Å². The van der Waals surface area contributed by atoms with Gasteiger partial charge in [0.25, 0.3) is 5.91 Å². The monoisotopic (exact) mass is 271 g/mol. The lowest BCUT2D eigenvalue weighted by atomic mass is 10.00. The van der Waals surface area contributed by atoms with Gasteiger partial charge in [0, 0.05) is 24.4 Å². The zero-order valence-electron chi connectivity index (χ0n) is 11.1. The number of para-hydroxylation sites is 1. The number of aromatic amines is 1. The topological polar surface area (TPSA) is 69.2 Å². The van der Waals surface area contributed by atoms with Crippen LogP contribution in [0.15, 0.2) is 24.3 Å². The van der Waals surface area contributed by atoms with Gasteiger partial charge in [-0.25, -0.2) is 0 Å². The molecule has 1 aromatic carbocycles. The lowest BCUT2D eigenvalue weighted by Crippen LogP contribution is -2.31. The first-order valence-electron chi connectivity index (χ1n) is 7.14. The van der Waals surface area contributed by atoms with Crippen LogP contribution in [0.4, 0.5) is 0 Å².